The molecule has 24 heteroatoms. The zero-order valence-electron chi connectivity index (χ0n) is 50.9. The molecule has 12 heterocycles. The van der Waals surface area contributed by atoms with E-state index >= 15 is 0 Å². The number of nitrogens with zero attached hydrogens (tertiary/aromatic N) is 14. The number of aromatic nitrogens is 12. The molecule has 91 heavy (non-hydrogen) atoms. The summed E-state index contributed by atoms with van der Waals surface area (Å²) in [7, 11) is 0. The van der Waals surface area contributed by atoms with Gasteiger partial charge in [-0.1, -0.05) is 36.4 Å². The number of benzene rings is 2. The Bertz CT molecular complexity index is 4800. The fraction of sp³-hybridized carbons (Fsp3) is 0.358. The molecule has 8 aromatic heterocycles. The van der Waals surface area contributed by atoms with E-state index in [4.69, 9.17) is 39.9 Å². The Morgan fingerprint density at radius 2 is 1.11 bits per heavy atom. The van der Waals surface area contributed by atoms with Gasteiger partial charge in [-0.05, 0) is 155 Å². The molecule has 4 bridgehead atoms. The van der Waals surface area contributed by atoms with Gasteiger partial charge < -0.3 is 34.4 Å². The fourth-order valence-electron chi connectivity index (χ4n) is 12.6. The highest BCUT2D eigenvalue weighted by Gasteiger charge is 2.45. The molecule has 0 spiro atoms. The van der Waals surface area contributed by atoms with E-state index in [9.17, 15) is 24.0 Å². The number of amides is 3. The minimum atomic E-state index is -0.549. The molecule has 3 N–H and O–H groups in total. The van der Waals surface area contributed by atoms with Crippen LogP contribution in [0.2, 0.25) is 0 Å². The molecule has 24 nitrogen and oxygen atoms in total. The highest BCUT2D eigenvalue weighted by molar-refractivity contribution is 5.97. The summed E-state index contributed by atoms with van der Waals surface area (Å²) >= 11 is 0. The highest BCUT2D eigenvalue weighted by atomic mass is 16.6. The van der Waals surface area contributed by atoms with Gasteiger partial charge in [0.1, 0.15) is 28.0 Å². The second-order valence-electron chi connectivity index (χ2n) is 25.6. The predicted octanol–water partition coefficient (Wildman–Crippen LogP) is 7.74. The quantitative estimate of drug-likeness (QED) is 0.131. The molecule has 2 fully saturated rings. The number of hydrogen-bond donors (Lipinski definition) is 2. The number of carbonyl (C=O) groups is 3. The van der Waals surface area contributed by atoms with Gasteiger partial charge in [-0.15, -0.1) is 0 Å². The highest BCUT2D eigenvalue weighted by Crippen LogP contribution is 2.40. The van der Waals surface area contributed by atoms with Gasteiger partial charge in [0.25, 0.3) is 22.9 Å². The van der Waals surface area contributed by atoms with E-state index in [-0.39, 0.29) is 53.3 Å². The second kappa shape index (κ2) is 22.4. The number of carbonyl (C=O) groups excluding carboxylic acids is 3. The Morgan fingerprint density at radius 3 is 1.58 bits per heavy atom. The molecule has 0 saturated heterocycles. The van der Waals surface area contributed by atoms with Crippen molar-refractivity contribution in [1.82, 2.24) is 63.1 Å². The molecular formula is C67H68N16O8. The van der Waals surface area contributed by atoms with E-state index in [2.05, 4.69) is 79.1 Å². The molecule has 10 aromatic rings. The van der Waals surface area contributed by atoms with Crippen LogP contribution < -0.4 is 41.4 Å². The Labute approximate surface area is 521 Å². The minimum absolute atomic E-state index is 0.0120. The number of fused-ring (bicyclic) bond motifs is 12. The van der Waals surface area contributed by atoms with Crippen LogP contribution in [-0.2, 0) is 53.3 Å². The van der Waals surface area contributed by atoms with Gasteiger partial charge in [-0.25, -0.2) is 53.4 Å². The lowest BCUT2D eigenvalue weighted by atomic mass is 10.1. The number of ether oxygens (including phenoxy) is 3. The van der Waals surface area contributed by atoms with E-state index in [1.807, 2.05) is 51.3 Å². The zero-order valence-corrected chi connectivity index (χ0v) is 50.9. The number of rotatable bonds is 9. The van der Waals surface area contributed by atoms with E-state index < -0.39 is 5.60 Å². The number of nitrogens with two attached hydrogens (primary N) is 1. The number of pyridine rings is 2. The first-order chi connectivity index (χ1) is 44.0. The molecule has 0 radical (unpaired) electrons. The van der Waals surface area contributed by atoms with Crippen molar-refractivity contribution in [1.29, 1.82) is 0 Å². The van der Waals surface area contributed by atoms with Crippen LogP contribution >= 0.6 is 0 Å². The summed E-state index contributed by atoms with van der Waals surface area (Å²) in [5, 5.41) is 6.10. The molecular weight excluding hydrogens is 1160 g/mol. The zero-order chi connectivity index (χ0) is 62.3. The van der Waals surface area contributed by atoms with Crippen molar-refractivity contribution in [2.75, 3.05) is 36.1 Å². The summed E-state index contributed by atoms with van der Waals surface area (Å²) in [6.45, 7) is 8.80. The molecule has 2 saturated carbocycles. The van der Waals surface area contributed by atoms with Crippen molar-refractivity contribution in [2.45, 2.75) is 128 Å². The molecule has 6 aliphatic rings. The molecule has 464 valence electrons. The van der Waals surface area contributed by atoms with E-state index in [1.54, 1.807) is 65.2 Å². The van der Waals surface area contributed by atoms with Crippen LogP contribution in [-0.4, -0.2) is 119 Å². The van der Waals surface area contributed by atoms with Crippen molar-refractivity contribution < 1.29 is 28.6 Å². The molecule has 4 aliphatic heterocycles. The van der Waals surface area contributed by atoms with Gasteiger partial charge in [0.05, 0.1) is 18.6 Å². The van der Waals surface area contributed by atoms with Crippen LogP contribution in [0.15, 0.2) is 131 Å². The maximum Gasteiger partial charge on any atom is 0.408 e. The van der Waals surface area contributed by atoms with E-state index in [0.29, 0.717) is 114 Å². The second-order valence-corrected chi connectivity index (χ2v) is 25.6. The third kappa shape index (κ3) is 11.2. The average molecular weight is 1230 g/mol. The maximum absolute atomic E-state index is 13.7. The predicted molar refractivity (Wildman–Crippen MR) is 341 cm³/mol. The first-order valence-electron chi connectivity index (χ1n) is 31.1. The Kier molecular flexibility index (Phi) is 14.1. The maximum atomic E-state index is 13.7. The van der Waals surface area contributed by atoms with Gasteiger partial charge in [0.15, 0.2) is 59.3 Å². The smallest absolute Gasteiger partial charge is 0.408 e. The lowest BCUT2D eigenvalue weighted by molar-refractivity contribution is -0.122. The summed E-state index contributed by atoms with van der Waals surface area (Å²) in [4.78, 5) is 97.2. The first kappa shape index (κ1) is 57.2. The van der Waals surface area contributed by atoms with Crippen LogP contribution in [0.5, 0.6) is 11.5 Å². The summed E-state index contributed by atoms with van der Waals surface area (Å²) in [5.41, 5.74) is 10.3. The Hall–Kier alpha value is -10.2. The van der Waals surface area contributed by atoms with Gasteiger partial charge >= 0.3 is 6.09 Å². The SMILES string of the molecule is CC(C)(C)OC(=O)NC1(Cn2ccc3cc(Cc4ncc5c(=O)n6n(c5n4)-c4ccc5c(n4)N(CCC/C=C\C6)C(=O)CO5)ccc32)CC1.NC1(Cn2ccc3cc(Cc4ncc5c(=O)n6n(c5n4)-c4ccc5c(n4)N(CCC/C=C\C6)C(=O)CO5)ccc32)CC1. The number of nitrogens with one attached hydrogen (secondary N) is 1. The van der Waals surface area contributed by atoms with Crippen molar-refractivity contribution >= 4 is 73.4 Å². The standard InChI is InChI=1S/C36H38N8O5.C31H30N8O3/c1-35(2,3)49-34(47)40-36(13-14-36)22-41-17-12-24-18-23(8-9-26(24)41)19-28-37-20-25-31(38-28)44-29-11-10-27-32(39-29)42(30(45)21-48-27)15-6-4-5-7-16-43(44)33(25)46;32-31(10-11-31)19-36-14-9-21-15-20(5-6-23(21)36)16-25-33-17-22-28(34-25)39-26-8-7-24-29(35-26)37(27(40)18-42-24)12-3-1-2-4-13-38(39)30(22)41/h5,7-12,17-18,20H,4,6,13-16,19,21-22H2,1-3H3,(H,40,47);2,4-9,14-15,17H,1,3,10-13,16,18-19,32H2/b7-5-;4-2-. The number of alkyl carbamates (subject to hydrolysis) is 1. The van der Waals surface area contributed by atoms with Crippen LogP contribution in [0, 0.1) is 0 Å². The lowest BCUT2D eigenvalue weighted by Gasteiger charge is -2.28. The van der Waals surface area contributed by atoms with Crippen LogP contribution in [0.3, 0.4) is 0 Å². The van der Waals surface area contributed by atoms with Crippen LogP contribution in [0.4, 0.5) is 16.4 Å². The van der Waals surface area contributed by atoms with Crippen LogP contribution in [0.25, 0.3) is 55.5 Å². The molecule has 0 atom stereocenters. The minimum Gasteiger partial charge on any atom is -0.480 e. The third-order valence-electron chi connectivity index (χ3n) is 17.6. The Morgan fingerprint density at radius 1 is 0.615 bits per heavy atom. The topological polar surface area (TPSA) is 264 Å². The van der Waals surface area contributed by atoms with Crippen molar-refractivity contribution in [3.63, 3.8) is 0 Å². The summed E-state index contributed by atoms with van der Waals surface area (Å²) in [6.07, 6.45) is 23.0. The molecule has 2 aliphatic carbocycles. The normalized spacial score (nSPS) is 17.9. The van der Waals surface area contributed by atoms with E-state index in [0.717, 1.165) is 90.8 Å². The molecule has 3 amide bonds. The monoisotopic (exact) mass is 1220 g/mol. The fourth-order valence-corrected chi connectivity index (χ4v) is 12.6. The first-order valence-corrected chi connectivity index (χ1v) is 31.1. The van der Waals surface area contributed by atoms with Gasteiger partial charge in [-0.2, -0.15) is 0 Å². The molecule has 0 unspecified atom stereocenters. The number of allylic oxidation sites excluding steroid dienone is 4. The van der Waals surface area contributed by atoms with E-state index in [1.165, 1.54) is 0 Å². The molecule has 2 aromatic carbocycles. The number of anilines is 2. The summed E-state index contributed by atoms with van der Waals surface area (Å²) < 4.78 is 27.9. The van der Waals surface area contributed by atoms with Gasteiger partial charge in [0.2, 0.25) is 0 Å². The number of hydrogen-bond acceptors (Lipinski definition) is 15. The third-order valence-corrected chi connectivity index (χ3v) is 17.6. The average Bonchev–Trinajstić information content (AvgIpc) is 1.68. The Balaban J connectivity index is 0.000000153. The molecule has 16 rings (SSSR count). The van der Waals surface area contributed by atoms with Gasteiger partial charge in [0, 0.05) is 80.4 Å². The van der Waals surface area contributed by atoms with Crippen molar-refractivity contribution in [3.8, 4) is 23.1 Å². The van der Waals surface area contributed by atoms with Gasteiger partial charge in [-0.3, -0.25) is 29.0 Å². The van der Waals surface area contributed by atoms with Crippen molar-refractivity contribution in [3.05, 3.63) is 165 Å². The van der Waals surface area contributed by atoms with Crippen LogP contribution in [0.1, 0.15) is 94.9 Å². The summed E-state index contributed by atoms with van der Waals surface area (Å²) in [6, 6.07) is 24.0. The largest absolute Gasteiger partial charge is 0.480 e. The summed E-state index contributed by atoms with van der Waals surface area (Å²) in [5.74, 6) is 3.83. The van der Waals surface area contributed by atoms with Crippen molar-refractivity contribution in [2.24, 2.45) is 5.73 Å². The lowest BCUT2D eigenvalue weighted by Crippen LogP contribution is -2.42.